The van der Waals surface area contributed by atoms with Crippen molar-refractivity contribution in [2.75, 3.05) is 26.9 Å². The molecule has 1 aromatic heterocycles. The highest BCUT2D eigenvalue weighted by atomic mass is 16.5. The number of methoxy groups -OCH3 is 1. The van der Waals surface area contributed by atoms with Crippen LogP contribution in [0.25, 0.3) is 10.8 Å². The van der Waals surface area contributed by atoms with Crippen LogP contribution in [0.5, 0.6) is 5.75 Å². The average Bonchev–Trinajstić information content (AvgIpc) is 2.78. The Morgan fingerprint density at radius 1 is 1.20 bits per heavy atom. The summed E-state index contributed by atoms with van der Waals surface area (Å²) in [6.45, 7) is 3.70. The lowest BCUT2D eigenvalue weighted by molar-refractivity contribution is 0.0478. The molecular formula is C23H25N3O4. The van der Waals surface area contributed by atoms with Crippen LogP contribution in [0.1, 0.15) is 34.5 Å². The van der Waals surface area contributed by atoms with Crippen LogP contribution in [0.2, 0.25) is 0 Å². The van der Waals surface area contributed by atoms with Crippen molar-refractivity contribution in [3.05, 3.63) is 69.6 Å². The fourth-order valence-corrected chi connectivity index (χ4v) is 4.16. The van der Waals surface area contributed by atoms with Gasteiger partial charge in [0, 0.05) is 36.1 Å². The molecule has 0 bridgehead atoms. The molecule has 1 aliphatic rings. The molecule has 1 aliphatic heterocycles. The van der Waals surface area contributed by atoms with E-state index in [0.717, 1.165) is 29.7 Å². The second kappa shape index (κ2) is 8.28. The zero-order chi connectivity index (χ0) is 21.1. The van der Waals surface area contributed by atoms with Gasteiger partial charge in [-0.1, -0.05) is 35.9 Å². The maximum absolute atomic E-state index is 13.0. The quantitative estimate of drug-likeness (QED) is 0.678. The number of nitrogens with one attached hydrogen (secondary N) is 2. The van der Waals surface area contributed by atoms with Gasteiger partial charge in [0.05, 0.1) is 12.5 Å². The van der Waals surface area contributed by atoms with Crippen LogP contribution < -0.4 is 15.6 Å². The molecule has 3 aromatic rings. The smallest absolute Gasteiger partial charge is 0.272 e. The number of amides is 1. The Hall–Kier alpha value is -3.19. The molecule has 0 spiro atoms. The third kappa shape index (κ3) is 3.68. The lowest BCUT2D eigenvalue weighted by atomic mass is 9.73. The highest BCUT2D eigenvalue weighted by Gasteiger charge is 2.37. The maximum Gasteiger partial charge on any atom is 0.272 e. The molecule has 7 heteroatoms. The van der Waals surface area contributed by atoms with Gasteiger partial charge in [0.25, 0.3) is 11.5 Å². The summed E-state index contributed by atoms with van der Waals surface area (Å²) in [7, 11) is 1.66. The van der Waals surface area contributed by atoms with Crippen LogP contribution in [0.15, 0.2) is 47.3 Å². The van der Waals surface area contributed by atoms with Crippen LogP contribution in [0, 0.1) is 6.92 Å². The van der Waals surface area contributed by atoms with E-state index in [4.69, 9.17) is 9.47 Å². The molecule has 1 saturated heterocycles. The zero-order valence-electron chi connectivity index (χ0n) is 17.2. The van der Waals surface area contributed by atoms with Crippen molar-refractivity contribution in [1.29, 1.82) is 0 Å². The van der Waals surface area contributed by atoms with Gasteiger partial charge in [-0.2, -0.15) is 5.10 Å². The fourth-order valence-electron chi connectivity index (χ4n) is 4.16. The SMILES string of the molecule is COc1ccc(C)cc1C1(CNC(=O)c2n[nH]c(=O)c3ccccc23)CCOCC1. The molecule has 0 radical (unpaired) electrons. The third-order valence-corrected chi connectivity index (χ3v) is 5.87. The van der Waals surface area contributed by atoms with Crippen molar-refractivity contribution >= 4 is 16.7 Å². The summed E-state index contributed by atoms with van der Waals surface area (Å²) in [5, 5.41) is 10.5. The first-order chi connectivity index (χ1) is 14.5. The van der Waals surface area contributed by atoms with Gasteiger partial charge in [0.1, 0.15) is 5.75 Å². The Labute approximate surface area is 174 Å². The van der Waals surface area contributed by atoms with Crippen molar-refractivity contribution < 1.29 is 14.3 Å². The number of aromatic amines is 1. The first-order valence-corrected chi connectivity index (χ1v) is 10.0. The minimum atomic E-state index is -0.320. The van der Waals surface area contributed by atoms with Crippen LogP contribution in [-0.4, -0.2) is 43.0 Å². The van der Waals surface area contributed by atoms with Gasteiger partial charge in [-0.15, -0.1) is 0 Å². The van der Waals surface area contributed by atoms with E-state index in [1.807, 2.05) is 19.1 Å². The number of H-pyrrole nitrogens is 1. The zero-order valence-corrected chi connectivity index (χ0v) is 17.2. The van der Waals surface area contributed by atoms with Crippen molar-refractivity contribution in [1.82, 2.24) is 15.5 Å². The molecule has 0 aliphatic carbocycles. The molecule has 0 saturated carbocycles. The van der Waals surface area contributed by atoms with Crippen molar-refractivity contribution in [2.45, 2.75) is 25.2 Å². The van der Waals surface area contributed by atoms with E-state index in [1.165, 1.54) is 0 Å². The number of fused-ring (bicyclic) bond motifs is 1. The molecule has 156 valence electrons. The predicted molar refractivity (Wildman–Crippen MR) is 114 cm³/mol. The summed E-state index contributed by atoms with van der Waals surface area (Å²) >= 11 is 0. The number of hydrogen-bond donors (Lipinski definition) is 2. The second-order valence-corrected chi connectivity index (χ2v) is 7.73. The van der Waals surface area contributed by atoms with E-state index < -0.39 is 0 Å². The number of ether oxygens (including phenoxy) is 2. The average molecular weight is 407 g/mol. The number of rotatable bonds is 5. The predicted octanol–water partition coefficient (Wildman–Crippen LogP) is 2.72. The van der Waals surface area contributed by atoms with E-state index in [9.17, 15) is 9.59 Å². The number of aryl methyl sites for hydroxylation is 1. The van der Waals surface area contributed by atoms with E-state index in [1.54, 1.807) is 31.4 Å². The normalized spacial score (nSPS) is 15.7. The number of hydrogen-bond acceptors (Lipinski definition) is 5. The minimum Gasteiger partial charge on any atom is -0.496 e. The molecule has 2 N–H and O–H groups in total. The van der Waals surface area contributed by atoms with Crippen LogP contribution in [0.3, 0.4) is 0 Å². The standard InChI is InChI=1S/C23H25N3O4/c1-15-7-8-19(29-2)18(13-15)23(9-11-30-12-10-23)14-24-22(28)20-16-5-3-4-6-17(16)21(27)26-25-20/h3-8,13H,9-12,14H2,1-2H3,(H,24,28)(H,26,27). The molecule has 1 fully saturated rings. The highest BCUT2D eigenvalue weighted by molar-refractivity contribution is 6.04. The summed E-state index contributed by atoms with van der Waals surface area (Å²) in [6, 6.07) is 13.1. The van der Waals surface area contributed by atoms with Crippen LogP contribution >= 0.6 is 0 Å². The van der Waals surface area contributed by atoms with Gasteiger partial charge in [-0.25, -0.2) is 5.10 Å². The van der Waals surface area contributed by atoms with Crippen molar-refractivity contribution in [3.8, 4) is 5.75 Å². The van der Waals surface area contributed by atoms with Gasteiger partial charge in [0.2, 0.25) is 0 Å². The van der Waals surface area contributed by atoms with Gasteiger partial charge in [0.15, 0.2) is 5.69 Å². The molecule has 4 rings (SSSR count). The van der Waals surface area contributed by atoms with Gasteiger partial charge >= 0.3 is 0 Å². The van der Waals surface area contributed by atoms with Gasteiger partial charge < -0.3 is 14.8 Å². The van der Waals surface area contributed by atoms with Crippen LogP contribution in [0.4, 0.5) is 0 Å². The van der Waals surface area contributed by atoms with E-state index in [-0.39, 0.29) is 22.6 Å². The lowest BCUT2D eigenvalue weighted by Gasteiger charge is -2.38. The van der Waals surface area contributed by atoms with Crippen molar-refractivity contribution in [2.24, 2.45) is 0 Å². The molecule has 30 heavy (non-hydrogen) atoms. The molecule has 2 aromatic carbocycles. The van der Waals surface area contributed by atoms with Crippen LogP contribution in [-0.2, 0) is 10.2 Å². The summed E-state index contributed by atoms with van der Waals surface area (Å²) in [5.74, 6) is 0.490. The Balaban J connectivity index is 1.66. The molecule has 7 nitrogen and oxygen atoms in total. The van der Waals surface area contributed by atoms with E-state index >= 15 is 0 Å². The molecule has 2 heterocycles. The molecular weight excluding hydrogens is 382 g/mol. The van der Waals surface area contributed by atoms with E-state index in [0.29, 0.717) is 30.5 Å². The summed E-state index contributed by atoms with van der Waals surface area (Å²) in [5.41, 5.74) is 1.81. The first-order valence-electron chi connectivity index (χ1n) is 10.0. The monoisotopic (exact) mass is 407 g/mol. The third-order valence-electron chi connectivity index (χ3n) is 5.87. The second-order valence-electron chi connectivity index (χ2n) is 7.73. The number of carbonyl (C=O) groups excluding carboxylic acids is 1. The Bertz CT molecular complexity index is 1130. The number of aromatic nitrogens is 2. The first kappa shape index (κ1) is 20.1. The van der Waals surface area contributed by atoms with Gasteiger partial charge in [-0.3, -0.25) is 9.59 Å². The van der Waals surface area contributed by atoms with Gasteiger partial charge in [-0.05, 0) is 31.9 Å². The Kier molecular flexibility index (Phi) is 5.55. The summed E-state index contributed by atoms with van der Waals surface area (Å²) in [6.07, 6.45) is 1.54. The fraction of sp³-hybridized carbons (Fsp3) is 0.348. The van der Waals surface area contributed by atoms with E-state index in [2.05, 4.69) is 21.6 Å². The van der Waals surface area contributed by atoms with Crippen molar-refractivity contribution in [3.63, 3.8) is 0 Å². The summed E-state index contributed by atoms with van der Waals surface area (Å²) in [4.78, 5) is 25.1. The number of benzene rings is 2. The molecule has 0 atom stereocenters. The highest BCUT2D eigenvalue weighted by Crippen LogP contribution is 2.40. The summed E-state index contributed by atoms with van der Waals surface area (Å²) < 4.78 is 11.2. The molecule has 1 amide bonds. The minimum absolute atomic E-state index is 0.212. The topological polar surface area (TPSA) is 93.3 Å². The molecule has 0 unspecified atom stereocenters. The number of nitrogens with zero attached hydrogens (tertiary/aromatic N) is 1. The largest absolute Gasteiger partial charge is 0.496 e. The number of carbonyl (C=O) groups is 1. The Morgan fingerprint density at radius 2 is 1.93 bits per heavy atom. The Morgan fingerprint density at radius 3 is 2.67 bits per heavy atom. The maximum atomic E-state index is 13.0. The lowest BCUT2D eigenvalue weighted by Crippen LogP contribution is -2.45.